The van der Waals surface area contributed by atoms with E-state index in [0.29, 0.717) is 0 Å². The number of hydrogen-bond acceptors (Lipinski definition) is 2. The molecule has 1 aromatic heterocycles. The molecule has 3 heteroatoms. The fourth-order valence-corrected chi connectivity index (χ4v) is 10.5. The van der Waals surface area contributed by atoms with Crippen LogP contribution in [0.15, 0.2) is 206 Å². The standard InChI is InChI=1S/C58H39N3/c1-2-59-53-35-45(60(43-15-5-3-6-16-43)51-33-25-41-21-19-37-11-9-13-39-23-29-49(51)57(41)55(37)39)27-31-47(53)48-32-28-46(36-54(48)59)61(44-17-7-4-8-18-44)52-34-26-42-22-20-38-12-10-14-40-24-30-50(52)58(42)56(38)40/h3-36H,2H2,1H3. The minimum absolute atomic E-state index is 0.834. The first kappa shape index (κ1) is 34.0. The van der Waals surface area contributed by atoms with Crippen LogP contribution in [-0.4, -0.2) is 4.57 Å². The Morgan fingerprint density at radius 1 is 0.311 bits per heavy atom. The van der Waals surface area contributed by atoms with E-state index < -0.39 is 0 Å². The molecule has 0 saturated carbocycles. The van der Waals surface area contributed by atoms with Crippen LogP contribution in [0.2, 0.25) is 0 Å². The van der Waals surface area contributed by atoms with Crippen molar-refractivity contribution in [2.75, 3.05) is 9.80 Å². The van der Waals surface area contributed by atoms with E-state index in [2.05, 4.69) is 228 Å². The second-order valence-corrected chi connectivity index (χ2v) is 16.4. The summed E-state index contributed by atoms with van der Waals surface area (Å²) in [5.74, 6) is 0. The molecule has 1 heterocycles. The summed E-state index contributed by atoms with van der Waals surface area (Å²) >= 11 is 0. The summed E-state index contributed by atoms with van der Waals surface area (Å²) in [4.78, 5) is 4.89. The third kappa shape index (κ3) is 4.98. The van der Waals surface area contributed by atoms with Crippen LogP contribution in [0.5, 0.6) is 0 Å². The van der Waals surface area contributed by atoms with Crippen molar-refractivity contribution in [3.05, 3.63) is 206 Å². The summed E-state index contributed by atoms with van der Waals surface area (Å²) in [6.45, 7) is 3.10. The Bertz CT molecular complexity index is 3530. The first-order chi connectivity index (χ1) is 30.2. The van der Waals surface area contributed by atoms with Crippen LogP contribution in [0.1, 0.15) is 6.92 Å². The van der Waals surface area contributed by atoms with Crippen molar-refractivity contribution >= 4 is 121 Å². The Kier molecular flexibility index (Phi) is 7.29. The van der Waals surface area contributed by atoms with E-state index >= 15 is 0 Å². The van der Waals surface area contributed by atoms with Gasteiger partial charge in [0.05, 0.1) is 22.4 Å². The van der Waals surface area contributed by atoms with E-state index in [1.54, 1.807) is 0 Å². The van der Waals surface area contributed by atoms with Gasteiger partial charge in [0.2, 0.25) is 0 Å². The van der Waals surface area contributed by atoms with E-state index in [1.807, 2.05) is 0 Å². The Labute approximate surface area is 353 Å². The van der Waals surface area contributed by atoms with Gasteiger partial charge >= 0.3 is 0 Å². The van der Waals surface area contributed by atoms with Gasteiger partial charge in [-0.25, -0.2) is 0 Å². The van der Waals surface area contributed by atoms with Gasteiger partial charge in [0, 0.05) is 50.8 Å². The maximum Gasteiger partial charge on any atom is 0.0540 e. The van der Waals surface area contributed by atoms with Gasteiger partial charge in [0.1, 0.15) is 0 Å². The van der Waals surface area contributed by atoms with E-state index in [-0.39, 0.29) is 0 Å². The van der Waals surface area contributed by atoms with Crippen molar-refractivity contribution in [1.29, 1.82) is 0 Å². The van der Waals surface area contributed by atoms with Crippen molar-refractivity contribution in [3.63, 3.8) is 0 Å². The van der Waals surface area contributed by atoms with Gasteiger partial charge in [-0.3, -0.25) is 0 Å². The molecule has 13 aromatic rings. The molecule has 0 bridgehead atoms. The first-order valence-electron chi connectivity index (χ1n) is 21.3. The van der Waals surface area contributed by atoms with Crippen LogP contribution < -0.4 is 9.80 Å². The topological polar surface area (TPSA) is 11.4 Å². The fraction of sp³-hybridized carbons (Fsp3) is 0.0345. The number of hydrogen-bond donors (Lipinski definition) is 0. The minimum atomic E-state index is 0.834. The van der Waals surface area contributed by atoms with Gasteiger partial charge in [-0.1, -0.05) is 146 Å². The molecule has 13 rings (SSSR count). The molecule has 286 valence electrons. The van der Waals surface area contributed by atoms with Crippen LogP contribution in [-0.2, 0) is 6.54 Å². The number of aromatic nitrogens is 1. The third-order valence-corrected chi connectivity index (χ3v) is 13.2. The lowest BCUT2D eigenvalue weighted by atomic mass is 9.93. The van der Waals surface area contributed by atoms with Crippen molar-refractivity contribution in [2.24, 2.45) is 0 Å². The van der Waals surface area contributed by atoms with Gasteiger partial charge in [-0.15, -0.1) is 0 Å². The summed E-state index contributed by atoms with van der Waals surface area (Å²) < 4.78 is 2.50. The lowest BCUT2D eigenvalue weighted by Crippen LogP contribution is -2.11. The number of fused-ring (bicyclic) bond motifs is 3. The maximum absolute atomic E-state index is 2.50. The highest BCUT2D eigenvalue weighted by molar-refractivity contribution is 6.27. The zero-order chi connectivity index (χ0) is 40.2. The number of nitrogens with zero attached hydrogens (tertiary/aromatic N) is 3. The number of benzene rings is 12. The summed E-state index contributed by atoms with van der Waals surface area (Å²) in [6.07, 6.45) is 0. The molecule has 0 N–H and O–H groups in total. The third-order valence-electron chi connectivity index (χ3n) is 13.2. The molecule has 0 amide bonds. The summed E-state index contributed by atoms with van der Waals surface area (Å²) in [6, 6.07) is 76.4. The maximum atomic E-state index is 2.50. The Morgan fingerprint density at radius 3 is 1.08 bits per heavy atom. The van der Waals surface area contributed by atoms with E-state index in [1.165, 1.54) is 97.8 Å². The van der Waals surface area contributed by atoms with E-state index in [9.17, 15) is 0 Å². The molecule has 0 aliphatic carbocycles. The largest absolute Gasteiger partial charge is 0.341 e. The molecule has 0 saturated heterocycles. The fourth-order valence-electron chi connectivity index (χ4n) is 10.5. The highest BCUT2D eigenvalue weighted by atomic mass is 15.2. The van der Waals surface area contributed by atoms with Gasteiger partial charge in [-0.05, 0) is 121 Å². The SMILES string of the molecule is CCn1c2cc(N(c3ccccc3)c3ccc4ccc5cccc6ccc3c4c56)ccc2c2ccc(N(c3ccccc3)c3ccc4ccc5cccc6ccc3c4c56)cc21. The van der Waals surface area contributed by atoms with Gasteiger partial charge in [0.25, 0.3) is 0 Å². The average Bonchev–Trinajstić information content (AvgIpc) is 3.63. The van der Waals surface area contributed by atoms with Crippen LogP contribution >= 0.6 is 0 Å². The Morgan fingerprint density at radius 2 is 0.672 bits per heavy atom. The molecule has 0 aliphatic rings. The predicted molar refractivity (Wildman–Crippen MR) is 262 cm³/mol. The Hall–Kier alpha value is -7.88. The molecule has 0 aliphatic heterocycles. The molecule has 61 heavy (non-hydrogen) atoms. The van der Waals surface area contributed by atoms with Crippen LogP contribution in [0.3, 0.4) is 0 Å². The molecule has 12 aromatic carbocycles. The monoisotopic (exact) mass is 777 g/mol. The minimum Gasteiger partial charge on any atom is -0.341 e. The molecule has 0 unspecified atom stereocenters. The van der Waals surface area contributed by atoms with Crippen LogP contribution in [0.25, 0.3) is 86.4 Å². The van der Waals surface area contributed by atoms with Crippen molar-refractivity contribution in [2.45, 2.75) is 13.5 Å². The van der Waals surface area contributed by atoms with Crippen molar-refractivity contribution < 1.29 is 0 Å². The highest BCUT2D eigenvalue weighted by Gasteiger charge is 2.23. The smallest absolute Gasteiger partial charge is 0.0540 e. The molecule has 0 atom stereocenters. The molecule has 3 nitrogen and oxygen atoms in total. The van der Waals surface area contributed by atoms with E-state index in [4.69, 9.17) is 0 Å². The average molecular weight is 778 g/mol. The van der Waals surface area contributed by atoms with Crippen LogP contribution in [0, 0.1) is 0 Å². The van der Waals surface area contributed by atoms with Gasteiger partial charge < -0.3 is 14.4 Å². The summed E-state index contributed by atoms with van der Waals surface area (Å²) in [5.41, 5.74) is 9.31. The van der Waals surface area contributed by atoms with Crippen molar-refractivity contribution in [1.82, 2.24) is 4.57 Å². The summed E-state index contributed by atoms with van der Waals surface area (Å²) in [5, 5.41) is 17.9. The number of rotatable bonds is 7. The highest BCUT2D eigenvalue weighted by Crippen LogP contribution is 2.47. The molecular formula is C58H39N3. The second-order valence-electron chi connectivity index (χ2n) is 16.4. The number of anilines is 6. The Balaban J connectivity index is 1.01. The van der Waals surface area contributed by atoms with Gasteiger partial charge in [-0.2, -0.15) is 0 Å². The first-order valence-corrected chi connectivity index (χ1v) is 21.3. The molecule has 0 spiro atoms. The second kappa shape index (κ2) is 13.1. The zero-order valence-electron chi connectivity index (χ0n) is 33.7. The normalized spacial score (nSPS) is 12.1. The predicted octanol–water partition coefficient (Wildman–Crippen LogP) is 16.5. The quantitative estimate of drug-likeness (QED) is 0.149. The molecular weight excluding hydrogens is 739 g/mol. The number of aryl methyl sites for hydroxylation is 1. The lowest BCUT2D eigenvalue weighted by Gasteiger charge is -2.28. The molecule has 0 radical (unpaired) electrons. The van der Waals surface area contributed by atoms with E-state index in [0.717, 1.165) is 29.3 Å². The summed E-state index contributed by atoms with van der Waals surface area (Å²) in [7, 11) is 0. The molecule has 0 fully saturated rings. The lowest BCUT2D eigenvalue weighted by molar-refractivity contribution is 0.827. The zero-order valence-corrected chi connectivity index (χ0v) is 33.7. The van der Waals surface area contributed by atoms with Crippen molar-refractivity contribution in [3.8, 4) is 0 Å². The van der Waals surface area contributed by atoms with Gasteiger partial charge in [0.15, 0.2) is 0 Å². The number of para-hydroxylation sites is 2. The van der Waals surface area contributed by atoms with Crippen LogP contribution in [0.4, 0.5) is 34.1 Å².